The van der Waals surface area contributed by atoms with E-state index in [1.165, 1.54) is 4.90 Å². The zero-order valence-corrected chi connectivity index (χ0v) is 13.3. The number of hydrogen-bond donors (Lipinski definition) is 3. The molecule has 0 heterocycles. The number of amides is 2. The van der Waals surface area contributed by atoms with E-state index in [1.807, 2.05) is 19.0 Å². The van der Waals surface area contributed by atoms with E-state index in [0.29, 0.717) is 19.8 Å². The van der Waals surface area contributed by atoms with E-state index in [0.717, 1.165) is 18.7 Å². The van der Waals surface area contributed by atoms with Crippen LogP contribution in [0.4, 0.5) is 0 Å². The number of aliphatic hydroxyl groups excluding tert-OH is 2. The summed E-state index contributed by atoms with van der Waals surface area (Å²) in [5.41, 5.74) is 0. The summed E-state index contributed by atoms with van der Waals surface area (Å²) in [7, 11) is 3.90. The Hall–Kier alpha value is -1.48. The minimum atomic E-state index is -0.430. The Balaban J connectivity index is 3.91. The van der Waals surface area contributed by atoms with Crippen molar-refractivity contribution in [3.05, 3.63) is 12.2 Å². The van der Waals surface area contributed by atoms with Gasteiger partial charge in [-0.3, -0.25) is 9.59 Å². The molecule has 22 heavy (non-hydrogen) atoms. The highest BCUT2D eigenvalue weighted by atomic mass is 16.5. The van der Waals surface area contributed by atoms with Crippen LogP contribution in [0.1, 0.15) is 0 Å². The molecule has 3 N–H and O–H groups in total. The standard InChI is InChI=1S/C14H27N3O5/c1-16(2)8-12-22-11-5-15-13(20)3-4-14(21)17(6-9-18)7-10-19/h3-4,18-19H,5-12H2,1-2H3,(H,15,20)/b4-3-. The fourth-order valence-electron chi connectivity index (χ4n) is 1.48. The Bertz CT molecular complexity index is 341. The molecule has 0 unspecified atom stereocenters. The molecule has 0 saturated carbocycles. The van der Waals surface area contributed by atoms with Gasteiger partial charge in [0, 0.05) is 38.3 Å². The lowest BCUT2D eigenvalue weighted by Crippen LogP contribution is -2.35. The minimum Gasteiger partial charge on any atom is -0.395 e. The Labute approximate surface area is 131 Å². The number of nitrogens with zero attached hydrogens (tertiary/aromatic N) is 2. The Morgan fingerprint density at radius 2 is 1.68 bits per heavy atom. The third-order valence-electron chi connectivity index (χ3n) is 2.66. The first-order chi connectivity index (χ1) is 10.5. The summed E-state index contributed by atoms with van der Waals surface area (Å²) in [6.07, 6.45) is 2.25. The molecule has 0 aliphatic carbocycles. The summed E-state index contributed by atoms with van der Waals surface area (Å²) in [4.78, 5) is 26.5. The van der Waals surface area contributed by atoms with Crippen molar-refractivity contribution in [2.24, 2.45) is 0 Å². The Morgan fingerprint density at radius 3 is 2.23 bits per heavy atom. The van der Waals surface area contributed by atoms with Crippen molar-refractivity contribution in [1.29, 1.82) is 0 Å². The molecule has 0 saturated heterocycles. The molecule has 0 fully saturated rings. The second-order valence-corrected chi connectivity index (χ2v) is 4.81. The summed E-state index contributed by atoms with van der Waals surface area (Å²) in [5, 5.41) is 20.2. The average Bonchev–Trinajstić information content (AvgIpc) is 2.47. The highest BCUT2D eigenvalue weighted by molar-refractivity contribution is 5.96. The van der Waals surface area contributed by atoms with Crippen LogP contribution in [-0.2, 0) is 14.3 Å². The summed E-state index contributed by atoms with van der Waals surface area (Å²) < 4.78 is 5.31. The summed E-state index contributed by atoms with van der Waals surface area (Å²) in [5.74, 6) is -0.821. The third kappa shape index (κ3) is 11.2. The number of rotatable bonds is 12. The smallest absolute Gasteiger partial charge is 0.246 e. The zero-order valence-electron chi connectivity index (χ0n) is 13.3. The van der Waals surface area contributed by atoms with Crippen LogP contribution >= 0.6 is 0 Å². The van der Waals surface area contributed by atoms with Crippen molar-refractivity contribution in [3.8, 4) is 0 Å². The van der Waals surface area contributed by atoms with Crippen molar-refractivity contribution in [3.63, 3.8) is 0 Å². The normalized spacial score (nSPS) is 11.1. The van der Waals surface area contributed by atoms with Crippen LogP contribution in [0.25, 0.3) is 0 Å². The van der Waals surface area contributed by atoms with E-state index in [4.69, 9.17) is 14.9 Å². The SMILES string of the molecule is CN(C)CCOCCNC(=O)/C=C\C(=O)N(CCO)CCO. The van der Waals surface area contributed by atoms with Crippen LogP contribution in [0, 0.1) is 0 Å². The molecule has 0 aliphatic rings. The fraction of sp³-hybridized carbons (Fsp3) is 0.714. The molecule has 0 radical (unpaired) electrons. The lowest BCUT2D eigenvalue weighted by molar-refractivity contribution is -0.127. The molecular weight excluding hydrogens is 290 g/mol. The molecule has 0 bridgehead atoms. The number of carbonyl (C=O) groups excluding carboxylic acids is 2. The van der Waals surface area contributed by atoms with Gasteiger partial charge in [0.15, 0.2) is 0 Å². The van der Waals surface area contributed by atoms with Gasteiger partial charge in [0.05, 0.1) is 26.4 Å². The van der Waals surface area contributed by atoms with E-state index in [-0.39, 0.29) is 26.3 Å². The van der Waals surface area contributed by atoms with Gasteiger partial charge in [-0.2, -0.15) is 0 Å². The third-order valence-corrected chi connectivity index (χ3v) is 2.66. The second kappa shape index (κ2) is 13.2. The zero-order chi connectivity index (χ0) is 16.8. The number of aliphatic hydroxyl groups is 2. The second-order valence-electron chi connectivity index (χ2n) is 4.81. The van der Waals surface area contributed by atoms with Gasteiger partial charge in [0.1, 0.15) is 0 Å². The predicted octanol–water partition coefficient (Wildman–Crippen LogP) is -1.95. The summed E-state index contributed by atoms with van der Waals surface area (Å²) >= 11 is 0. The van der Waals surface area contributed by atoms with Gasteiger partial charge in [0.25, 0.3) is 0 Å². The van der Waals surface area contributed by atoms with Crippen LogP contribution in [0.2, 0.25) is 0 Å². The van der Waals surface area contributed by atoms with E-state index < -0.39 is 11.8 Å². The van der Waals surface area contributed by atoms with Crippen LogP contribution < -0.4 is 5.32 Å². The Kier molecular flexibility index (Phi) is 12.3. The van der Waals surface area contributed by atoms with Gasteiger partial charge in [-0.05, 0) is 14.1 Å². The van der Waals surface area contributed by atoms with Crippen molar-refractivity contribution < 1.29 is 24.5 Å². The van der Waals surface area contributed by atoms with Crippen molar-refractivity contribution in [1.82, 2.24) is 15.1 Å². The van der Waals surface area contributed by atoms with E-state index in [1.54, 1.807) is 0 Å². The maximum atomic E-state index is 11.7. The molecule has 0 spiro atoms. The average molecular weight is 317 g/mol. The molecule has 0 aliphatic heterocycles. The molecule has 0 aromatic rings. The fourth-order valence-corrected chi connectivity index (χ4v) is 1.48. The van der Waals surface area contributed by atoms with Gasteiger partial charge >= 0.3 is 0 Å². The van der Waals surface area contributed by atoms with Crippen molar-refractivity contribution in [2.75, 3.05) is 66.7 Å². The molecule has 0 atom stereocenters. The molecule has 128 valence electrons. The highest BCUT2D eigenvalue weighted by Gasteiger charge is 2.09. The van der Waals surface area contributed by atoms with Crippen LogP contribution in [-0.4, -0.2) is 98.5 Å². The summed E-state index contributed by atoms with van der Waals surface area (Å²) in [6.45, 7) is 2.01. The maximum Gasteiger partial charge on any atom is 0.246 e. The molecular formula is C14H27N3O5. The lowest BCUT2D eigenvalue weighted by atomic mass is 10.4. The lowest BCUT2D eigenvalue weighted by Gasteiger charge is -2.18. The van der Waals surface area contributed by atoms with Gasteiger partial charge in [-0.1, -0.05) is 0 Å². The summed E-state index contributed by atoms with van der Waals surface area (Å²) in [6, 6.07) is 0. The van der Waals surface area contributed by atoms with Gasteiger partial charge < -0.3 is 30.1 Å². The molecule has 0 aromatic heterocycles. The number of carbonyl (C=O) groups is 2. The largest absolute Gasteiger partial charge is 0.395 e. The Morgan fingerprint density at radius 1 is 1.05 bits per heavy atom. The van der Waals surface area contributed by atoms with Crippen molar-refractivity contribution >= 4 is 11.8 Å². The monoisotopic (exact) mass is 317 g/mol. The highest BCUT2D eigenvalue weighted by Crippen LogP contribution is 1.91. The van der Waals surface area contributed by atoms with Gasteiger partial charge in [-0.15, -0.1) is 0 Å². The number of nitrogens with one attached hydrogen (secondary N) is 1. The number of ether oxygens (including phenoxy) is 1. The first-order valence-corrected chi connectivity index (χ1v) is 7.20. The first-order valence-electron chi connectivity index (χ1n) is 7.20. The quantitative estimate of drug-likeness (QED) is 0.286. The maximum absolute atomic E-state index is 11.7. The molecule has 0 rings (SSSR count). The van der Waals surface area contributed by atoms with E-state index in [2.05, 4.69) is 5.32 Å². The van der Waals surface area contributed by atoms with Crippen LogP contribution in [0.3, 0.4) is 0 Å². The van der Waals surface area contributed by atoms with Gasteiger partial charge in [0.2, 0.25) is 11.8 Å². The predicted molar refractivity (Wildman–Crippen MR) is 82.3 cm³/mol. The minimum absolute atomic E-state index is 0.116. The number of hydrogen-bond acceptors (Lipinski definition) is 6. The molecule has 8 nitrogen and oxygen atoms in total. The van der Waals surface area contributed by atoms with E-state index >= 15 is 0 Å². The number of likely N-dealkylation sites (N-methyl/N-ethyl adjacent to an activating group) is 1. The van der Waals surface area contributed by atoms with E-state index in [9.17, 15) is 9.59 Å². The van der Waals surface area contributed by atoms with Crippen LogP contribution in [0.15, 0.2) is 12.2 Å². The molecule has 0 aromatic carbocycles. The van der Waals surface area contributed by atoms with Crippen LogP contribution in [0.5, 0.6) is 0 Å². The van der Waals surface area contributed by atoms with Crippen molar-refractivity contribution in [2.45, 2.75) is 0 Å². The van der Waals surface area contributed by atoms with Gasteiger partial charge in [-0.25, -0.2) is 0 Å². The topological polar surface area (TPSA) is 102 Å². The first kappa shape index (κ1) is 20.5. The molecule has 8 heteroatoms. The molecule has 2 amide bonds.